The fraction of sp³-hybridized carbons (Fsp3) is 0.682. The standard InChI is InChI=1S/C22H39N5O/c1-6-23-22(24-13-19-9-7-8-10-20(19)16-26(4)5)25-14-21-17-27(11-12-28-21)15-18(2)3/h7-10,18,21H,6,11-17H2,1-5H3,(H2,23,24,25). The number of guanidine groups is 1. The maximum absolute atomic E-state index is 5.95. The Hall–Kier alpha value is -1.63. The smallest absolute Gasteiger partial charge is 0.191 e. The van der Waals surface area contributed by atoms with Crippen molar-refractivity contribution in [1.82, 2.24) is 20.4 Å². The Labute approximate surface area is 171 Å². The van der Waals surface area contributed by atoms with Crippen LogP contribution in [0.5, 0.6) is 0 Å². The highest BCUT2D eigenvalue weighted by Crippen LogP contribution is 2.12. The summed E-state index contributed by atoms with van der Waals surface area (Å²) in [4.78, 5) is 9.50. The van der Waals surface area contributed by atoms with Gasteiger partial charge < -0.3 is 20.3 Å². The van der Waals surface area contributed by atoms with E-state index in [0.29, 0.717) is 12.5 Å². The van der Waals surface area contributed by atoms with Gasteiger partial charge >= 0.3 is 0 Å². The molecule has 158 valence electrons. The van der Waals surface area contributed by atoms with E-state index in [0.717, 1.165) is 51.8 Å². The normalized spacial score (nSPS) is 18.7. The molecule has 0 spiro atoms. The lowest BCUT2D eigenvalue weighted by molar-refractivity contribution is -0.0284. The number of hydrogen-bond donors (Lipinski definition) is 2. The maximum Gasteiger partial charge on any atom is 0.191 e. The summed E-state index contributed by atoms with van der Waals surface area (Å²) in [7, 11) is 4.19. The SMILES string of the molecule is CCNC(=NCc1ccccc1CN(C)C)NCC1CN(CC(C)C)CCO1. The van der Waals surface area contributed by atoms with E-state index in [1.54, 1.807) is 0 Å². The minimum absolute atomic E-state index is 0.206. The van der Waals surface area contributed by atoms with Crippen molar-refractivity contribution in [2.45, 2.75) is 40.0 Å². The van der Waals surface area contributed by atoms with Crippen LogP contribution < -0.4 is 10.6 Å². The summed E-state index contributed by atoms with van der Waals surface area (Å²) in [6.07, 6.45) is 0.206. The Bertz CT molecular complexity index is 602. The number of rotatable bonds is 9. The van der Waals surface area contributed by atoms with E-state index >= 15 is 0 Å². The van der Waals surface area contributed by atoms with Gasteiger partial charge in [0, 0.05) is 39.3 Å². The van der Waals surface area contributed by atoms with E-state index in [2.05, 4.69) is 79.6 Å². The van der Waals surface area contributed by atoms with Crippen molar-refractivity contribution in [3.8, 4) is 0 Å². The molecular formula is C22H39N5O. The summed E-state index contributed by atoms with van der Waals surface area (Å²) in [5, 5.41) is 6.83. The number of benzene rings is 1. The third-order valence-electron chi connectivity index (χ3n) is 4.70. The Morgan fingerprint density at radius 3 is 2.68 bits per heavy atom. The van der Waals surface area contributed by atoms with E-state index in [-0.39, 0.29) is 6.10 Å². The highest BCUT2D eigenvalue weighted by Gasteiger charge is 2.21. The lowest BCUT2D eigenvalue weighted by Gasteiger charge is -2.34. The molecule has 0 saturated carbocycles. The number of nitrogens with zero attached hydrogens (tertiary/aromatic N) is 3. The maximum atomic E-state index is 5.95. The summed E-state index contributed by atoms with van der Waals surface area (Å²) in [5.41, 5.74) is 2.59. The topological polar surface area (TPSA) is 52.1 Å². The number of hydrogen-bond acceptors (Lipinski definition) is 4. The van der Waals surface area contributed by atoms with E-state index in [9.17, 15) is 0 Å². The highest BCUT2D eigenvalue weighted by molar-refractivity contribution is 5.79. The summed E-state index contributed by atoms with van der Waals surface area (Å²) in [6, 6.07) is 8.53. The van der Waals surface area contributed by atoms with Crippen LogP contribution in [0.25, 0.3) is 0 Å². The van der Waals surface area contributed by atoms with Crippen LogP contribution in [0, 0.1) is 5.92 Å². The molecule has 0 aliphatic carbocycles. The molecule has 6 heteroatoms. The van der Waals surface area contributed by atoms with Crippen molar-refractivity contribution in [3.05, 3.63) is 35.4 Å². The van der Waals surface area contributed by atoms with Crippen molar-refractivity contribution in [2.75, 3.05) is 53.4 Å². The molecule has 0 radical (unpaired) electrons. The quantitative estimate of drug-likeness (QED) is 0.501. The third-order valence-corrected chi connectivity index (χ3v) is 4.70. The molecule has 1 aliphatic heterocycles. The van der Waals surface area contributed by atoms with Crippen molar-refractivity contribution in [2.24, 2.45) is 10.9 Å². The molecule has 1 heterocycles. The molecule has 2 rings (SSSR count). The molecule has 0 aromatic heterocycles. The molecule has 1 fully saturated rings. The lowest BCUT2D eigenvalue weighted by Crippen LogP contribution is -2.50. The monoisotopic (exact) mass is 389 g/mol. The van der Waals surface area contributed by atoms with Gasteiger partial charge in [0.25, 0.3) is 0 Å². The van der Waals surface area contributed by atoms with Crippen molar-refractivity contribution < 1.29 is 4.74 Å². The zero-order valence-electron chi connectivity index (χ0n) is 18.4. The number of nitrogens with one attached hydrogen (secondary N) is 2. The van der Waals surface area contributed by atoms with Crippen LogP contribution >= 0.6 is 0 Å². The zero-order chi connectivity index (χ0) is 20.4. The Morgan fingerprint density at radius 1 is 1.25 bits per heavy atom. The fourth-order valence-corrected chi connectivity index (χ4v) is 3.51. The second-order valence-electron chi connectivity index (χ2n) is 8.23. The summed E-state index contributed by atoms with van der Waals surface area (Å²) < 4.78 is 5.95. The van der Waals surface area contributed by atoms with Gasteiger partial charge in [-0.05, 0) is 38.1 Å². The first-order valence-electron chi connectivity index (χ1n) is 10.6. The van der Waals surface area contributed by atoms with Gasteiger partial charge in [0.05, 0.1) is 19.3 Å². The van der Waals surface area contributed by atoms with Crippen LogP contribution in [0.1, 0.15) is 31.9 Å². The van der Waals surface area contributed by atoms with E-state index in [1.165, 1.54) is 11.1 Å². The zero-order valence-corrected chi connectivity index (χ0v) is 18.4. The van der Waals surface area contributed by atoms with Crippen molar-refractivity contribution >= 4 is 5.96 Å². The van der Waals surface area contributed by atoms with Gasteiger partial charge in [0.1, 0.15) is 0 Å². The fourth-order valence-electron chi connectivity index (χ4n) is 3.51. The van der Waals surface area contributed by atoms with Crippen LogP contribution in [0.15, 0.2) is 29.3 Å². The molecule has 1 atom stereocenters. The summed E-state index contributed by atoms with van der Waals surface area (Å²) in [6.45, 7) is 13.8. The van der Waals surface area contributed by atoms with Crippen molar-refractivity contribution in [3.63, 3.8) is 0 Å². The van der Waals surface area contributed by atoms with Crippen LogP contribution in [-0.2, 0) is 17.8 Å². The molecule has 1 unspecified atom stereocenters. The van der Waals surface area contributed by atoms with Crippen LogP contribution in [0.4, 0.5) is 0 Å². The predicted octanol–water partition coefficient (Wildman–Crippen LogP) is 2.16. The summed E-state index contributed by atoms with van der Waals surface area (Å²) >= 11 is 0. The predicted molar refractivity (Wildman–Crippen MR) is 118 cm³/mol. The lowest BCUT2D eigenvalue weighted by atomic mass is 10.1. The number of morpholine rings is 1. The Balaban J connectivity index is 1.92. The van der Waals surface area contributed by atoms with Crippen LogP contribution in [0.2, 0.25) is 0 Å². The molecule has 6 nitrogen and oxygen atoms in total. The second kappa shape index (κ2) is 12.0. The minimum Gasteiger partial charge on any atom is -0.374 e. The van der Waals surface area contributed by atoms with Crippen LogP contribution in [-0.4, -0.2) is 75.3 Å². The number of aliphatic imine (C=N–C) groups is 1. The number of ether oxygens (including phenoxy) is 1. The Morgan fingerprint density at radius 2 is 2.00 bits per heavy atom. The summed E-state index contributed by atoms with van der Waals surface area (Å²) in [5.74, 6) is 1.54. The molecule has 0 amide bonds. The third kappa shape index (κ3) is 8.17. The second-order valence-corrected chi connectivity index (χ2v) is 8.23. The molecule has 28 heavy (non-hydrogen) atoms. The van der Waals surface area contributed by atoms with Crippen LogP contribution in [0.3, 0.4) is 0 Å². The molecule has 1 aromatic rings. The Kier molecular flexibility index (Phi) is 9.75. The van der Waals surface area contributed by atoms with E-state index in [1.807, 2.05) is 0 Å². The first kappa shape index (κ1) is 22.7. The van der Waals surface area contributed by atoms with Crippen molar-refractivity contribution in [1.29, 1.82) is 0 Å². The van der Waals surface area contributed by atoms with Gasteiger partial charge in [-0.3, -0.25) is 4.90 Å². The average Bonchev–Trinajstić information content (AvgIpc) is 2.64. The molecule has 2 N–H and O–H groups in total. The highest BCUT2D eigenvalue weighted by atomic mass is 16.5. The van der Waals surface area contributed by atoms with Gasteiger partial charge in [-0.15, -0.1) is 0 Å². The molecular weight excluding hydrogens is 350 g/mol. The first-order chi connectivity index (χ1) is 13.5. The minimum atomic E-state index is 0.206. The van der Waals surface area contributed by atoms with Gasteiger partial charge in [-0.2, -0.15) is 0 Å². The molecule has 1 saturated heterocycles. The van der Waals surface area contributed by atoms with Gasteiger partial charge in [0.2, 0.25) is 0 Å². The van der Waals surface area contributed by atoms with Gasteiger partial charge in [-0.25, -0.2) is 4.99 Å². The van der Waals surface area contributed by atoms with Gasteiger partial charge in [-0.1, -0.05) is 38.1 Å². The molecule has 1 aliphatic rings. The molecule has 1 aromatic carbocycles. The largest absolute Gasteiger partial charge is 0.374 e. The van der Waals surface area contributed by atoms with E-state index in [4.69, 9.17) is 9.73 Å². The van der Waals surface area contributed by atoms with E-state index < -0.39 is 0 Å². The average molecular weight is 390 g/mol. The van der Waals surface area contributed by atoms with Gasteiger partial charge in [0.15, 0.2) is 5.96 Å². The first-order valence-corrected chi connectivity index (χ1v) is 10.6. The molecule has 0 bridgehead atoms.